The van der Waals surface area contributed by atoms with Gasteiger partial charge in [0.25, 0.3) is 5.91 Å². The topological polar surface area (TPSA) is 81.7 Å². The summed E-state index contributed by atoms with van der Waals surface area (Å²) in [6, 6.07) is 15.7. The molecule has 0 aromatic heterocycles. The lowest BCUT2D eigenvalue weighted by Gasteiger charge is -2.19. The highest BCUT2D eigenvalue weighted by molar-refractivity contribution is 5.95. The highest BCUT2D eigenvalue weighted by Gasteiger charge is 2.20. The highest BCUT2D eigenvalue weighted by Crippen LogP contribution is 2.13. The molecule has 188 valence electrons. The summed E-state index contributed by atoms with van der Waals surface area (Å²) in [6.07, 6.45) is 0. The number of hydrogen-bond donors (Lipinski definition) is 1. The molecule has 0 aliphatic rings. The third kappa shape index (κ3) is 7.54. The van der Waals surface area contributed by atoms with Gasteiger partial charge in [-0.05, 0) is 77.9 Å². The van der Waals surface area contributed by atoms with Crippen molar-refractivity contribution in [2.45, 2.75) is 47.6 Å². The van der Waals surface area contributed by atoms with Gasteiger partial charge in [-0.25, -0.2) is 9.59 Å². The van der Waals surface area contributed by atoms with E-state index in [1.165, 1.54) is 0 Å². The van der Waals surface area contributed by atoms with E-state index in [4.69, 9.17) is 9.47 Å². The van der Waals surface area contributed by atoms with Crippen LogP contribution in [-0.2, 0) is 9.47 Å². The minimum atomic E-state index is -0.733. The van der Waals surface area contributed by atoms with Gasteiger partial charge in [0.05, 0.1) is 17.2 Å². The van der Waals surface area contributed by atoms with Crippen molar-refractivity contribution in [3.63, 3.8) is 0 Å². The Morgan fingerprint density at radius 3 is 1.19 bits per heavy atom. The molecule has 6 heteroatoms. The number of benzene rings is 3. The van der Waals surface area contributed by atoms with Gasteiger partial charge in [0.15, 0.2) is 0 Å². The lowest BCUT2D eigenvalue weighted by molar-refractivity contribution is 0.0308. The zero-order valence-electron chi connectivity index (χ0n) is 21.7. The Hall–Kier alpha value is -3.93. The van der Waals surface area contributed by atoms with Crippen molar-refractivity contribution in [1.82, 2.24) is 5.32 Å². The Bertz CT molecular complexity index is 1170. The van der Waals surface area contributed by atoms with Crippen LogP contribution in [0.1, 0.15) is 64.5 Å². The van der Waals surface area contributed by atoms with E-state index in [0.717, 1.165) is 33.4 Å². The predicted molar refractivity (Wildman–Crippen MR) is 140 cm³/mol. The first-order chi connectivity index (χ1) is 17.0. The summed E-state index contributed by atoms with van der Waals surface area (Å²) in [5.74, 6) is -1.35. The third-order valence-electron chi connectivity index (χ3n) is 5.57. The average Bonchev–Trinajstić information content (AvgIpc) is 2.78. The van der Waals surface area contributed by atoms with Crippen LogP contribution < -0.4 is 5.32 Å². The standard InChI is InChI=1S/C30H33NO5/c1-18-7-19(2)11-24(10-18)28(32)31-27(16-35-29(33)25-12-20(3)8-21(4)13-25)17-36-30(34)26-14-22(5)9-23(6)15-26/h7-15,27H,16-17H2,1-6H3,(H,31,32). The first-order valence-electron chi connectivity index (χ1n) is 11.9. The molecule has 0 heterocycles. The lowest BCUT2D eigenvalue weighted by atomic mass is 10.1. The summed E-state index contributed by atoms with van der Waals surface area (Å²) in [5, 5.41) is 2.85. The van der Waals surface area contributed by atoms with Gasteiger partial charge in [0, 0.05) is 5.56 Å². The minimum Gasteiger partial charge on any atom is -0.460 e. The molecule has 0 bridgehead atoms. The number of rotatable bonds is 8. The minimum absolute atomic E-state index is 0.150. The second kappa shape index (κ2) is 11.7. The Morgan fingerprint density at radius 1 is 0.556 bits per heavy atom. The summed E-state index contributed by atoms with van der Waals surface area (Å²) < 4.78 is 11.0. The summed E-state index contributed by atoms with van der Waals surface area (Å²) in [7, 11) is 0. The summed E-state index contributed by atoms with van der Waals surface area (Å²) in [4.78, 5) is 38.4. The van der Waals surface area contributed by atoms with E-state index in [9.17, 15) is 14.4 Å². The van der Waals surface area contributed by atoms with E-state index in [0.29, 0.717) is 16.7 Å². The Balaban J connectivity index is 1.74. The summed E-state index contributed by atoms with van der Waals surface area (Å²) in [5.41, 5.74) is 7.05. The molecular formula is C30H33NO5. The van der Waals surface area contributed by atoms with Gasteiger partial charge in [-0.3, -0.25) is 4.79 Å². The third-order valence-corrected chi connectivity index (χ3v) is 5.57. The molecule has 1 amide bonds. The maximum atomic E-state index is 13.0. The molecule has 0 saturated heterocycles. The van der Waals surface area contributed by atoms with Crippen LogP contribution in [0.4, 0.5) is 0 Å². The number of aryl methyl sites for hydroxylation is 6. The second-order valence-corrected chi connectivity index (χ2v) is 9.50. The van der Waals surface area contributed by atoms with Crippen LogP contribution in [0.5, 0.6) is 0 Å². The molecule has 3 rings (SSSR count). The van der Waals surface area contributed by atoms with Crippen molar-refractivity contribution in [3.8, 4) is 0 Å². The molecule has 0 aliphatic heterocycles. The number of hydrogen-bond acceptors (Lipinski definition) is 5. The number of amides is 1. The first-order valence-corrected chi connectivity index (χ1v) is 11.9. The van der Waals surface area contributed by atoms with Crippen molar-refractivity contribution in [3.05, 3.63) is 105 Å². The molecule has 1 N–H and O–H groups in total. The molecule has 0 atom stereocenters. The number of carbonyl (C=O) groups is 3. The molecule has 0 aliphatic carbocycles. The predicted octanol–water partition coefficient (Wildman–Crippen LogP) is 5.35. The van der Waals surface area contributed by atoms with E-state index in [1.54, 1.807) is 36.4 Å². The highest BCUT2D eigenvalue weighted by atomic mass is 16.5. The largest absolute Gasteiger partial charge is 0.460 e. The van der Waals surface area contributed by atoms with Crippen molar-refractivity contribution >= 4 is 17.8 Å². The fourth-order valence-corrected chi connectivity index (χ4v) is 4.21. The molecule has 6 nitrogen and oxygen atoms in total. The van der Waals surface area contributed by atoms with Gasteiger partial charge in [0.1, 0.15) is 13.2 Å². The van der Waals surface area contributed by atoms with Crippen LogP contribution >= 0.6 is 0 Å². The van der Waals surface area contributed by atoms with Crippen molar-refractivity contribution in [2.75, 3.05) is 13.2 Å². The molecule has 0 saturated carbocycles. The lowest BCUT2D eigenvalue weighted by Crippen LogP contribution is -2.42. The fraction of sp³-hybridized carbons (Fsp3) is 0.300. The van der Waals surface area contributed by atoms with Crippen molar-refractivity contribution < 1.29 is 23.9 Å². The molecule has 36 heavy (non-hydrogen) atoms. The normalized spacial score (nSPS) is 10.8. The van der Waals surface area contributed by atoms with Gasteiger partial charge in [-0.2, -0.15) is 0 Å². The van der Waals surface area contributed by atoms with Crippen LogP contribution in [0.15, 0.2) is 54.6 Å². The molecule has 0 fully saturated rings. The first kappa shape index (κ1) is 26.7. The maximum absolute atomic E-state index is 13.0. The van der Waals surface area contributed by atoms with Gasteiger partial charge < -0.3 is 14.8 Å². The Morgan fingerprint density at radius 2 is 0.861 bits per heavy atom. The number of carbonyl (C=O) groups excluding carboxylic acids is 3. The smallest absolute Gasteiger partial charge is 0.338 e. The Labute approximate surface area is 212 Å². The van der Waals surface area contributed by atoms with E-state index in [-0.39, 0.29) is 19.1 Å². The van der Waals surface area contributed by atoms with Crippen molar-refractivity contribution in [1.29, 1.82) is 0 Å². The van der Waals surface area contributed by atoms with E-state index in [1.807, 2.05) is 59.7 Å². The molecular weight excluding hydrogens is 454 g/mol. The van der Waals surface area contributed by atoms with E-state index in [2.05, 4.69) is 5.32 Å². The summed E-state index contributed by atoms with van der Waals surface area (Å²) >= 11 is 0. The molecule has 0 radical (unpaired) electrons. The van der Waals surface area contributed by atoms with E-state index < -0.39 is 18.0 Å². The number of nitrogens with one attached hydrogen (secondary N) is 1. The monoisotopic (exact) mass is 487 g/mol. The van der Waals surface area contributed by atoms with E-state index >= 15 is 0 Å². The zero-order chi connectivity index (χ0) is 26.4. The van der Waals surface area contributed by atoms with Crippen LogP contribution in [0.2, 0.25) is 0 Å². The average molecular weight is 488 g/mol. The van der Waals surface area contributed by atoms with Crippen LogP contribution in [0.3, 0.4) is 0 Å². The quantitative estimate of drug-likeness (QED) is 0.433. The number of esters is 2. The SMILES string of the molecule is Cc1cc(C)cc(C(=O)NC(COC(=O)c2cc(C)cc(C)c2)COC(=O)c2cc(C)cc(C)c2)c1. The van der Waals surface area contributed by atoms with Gasteiger partial charge in [-0.15, -0.1) is 0 Å². The Kier molecular flexibility index (Phi) is 8.64. The number of ether oxygens (including phenoxy) is 2. The fourth-order valence-electron chi connectivity index (χ4n) is 4.21. The van der Waals surface area contributed by atoms with Crippen LogP contribution in [0, 0.1) is 41.5 Å². The van der Waals surface area contributed by atoms with Gasteiger partial charge in [-0.1, -0.05) is 51.6 Å². The van der Waals surface area contributed by atoms with Crippen molar-refractivity contribution in [2.24, 2.45) is 0 Å². The second-order valence-electron chi connectivity index (χ2n) is 9.50. The molecule has 0 unspecified atom stereocenters. The van der Waals surface area contributed by atoms with Crippen LogP contribution in [-0.4, -0.2) is 37.1 Å². The maximum Gasteiger partial charge on any atom is 0.338 e. The molecule has 3 aromatic rings. The molecule has 0 spiro atoms. The van der Waals surface area contributed by atoms with Crippen LogP contribution in [0.25, 0.3) is 0 Å². The van der Waals surface area contributed by atoms with Gasteiger partial charge >= 0.3 is 11.9 Å². The summed E-state index contributed by atoms with van der Waals surface area (Å²) in [6.45, 7) is 11.2. The van der Waals surface area contributed by atoms with Gasteiger partial charge in [0.2, 0.25) is 0 Å². The zero-order valence-corrected chi connectivity index (χ0v) is 21.7. The molecule has 3 aromatic carbocycles.